The van der Waals surface area contributed by atoms with Crippen molar-refractivity contribution in [3.63, 3.8) is 0 Å². The summed E-state index contributed by atoms with van der Waals surface area (Å²) in [6, 6.07) is 13.6. The normalized spacial score (nSPS) is 15.3. The maximum absolute atomic E-state index is 13.9. The second kappa shape index (κ2) is 7.39. The number of hydrogen-bond acceptors (Lipinski definition) is 5. The Labute approximate surface area is 186 Å². The third-order valence-corrected chi connectivity index (χ3v) is 5.75. The van der Waals surface area contributed by atoms with E-state index in [1.807, 2.05) is 0 Å². The molecule has 1 aliphatic rings. The van der Waals surface area contributed by atoms with Crippen LogP contribution in [0.4, 0.5) is 10.1 Å². The van der Waals surface area contributed by atoms with Gasteiger partial charge in [-0.3, -0.25) is 14.5 Å². The van der Waals surface area contributed by atoms with Crippen molar-refractivity contribution in [1.29, 1.82) is 0 Å². The van der Waals surface area contributed by atoms with Crippen LogP contribution in [0.2, 0.25) is 5.02 Å². The number of ether oxygens (including phenoxy) is 1. The quantitative estimate of drug-likeness (QED) is 0.471. The number of phenols is 1. The molecule has 2 heterocycles. The average Bonchev–Trinajstić information content (AvgIpc) is 3.07. The molecule has 0 bridgehead atoms. The number of carbonyl (C=O) groups excluding carboxylic acids is 1. The van der Waals surface area contributed by atoms with Gasteiger partial charge in [-0.1, -0.05) is 23.7 Å². The molecule has 3 aromatic carbocycles. The molecule has 0 spiro atoms. The van der Waals surface area contributed by atoms with E-state index in [1.165, 1.54) is 30.2 Å². The monoisotopic (exact) mass is 451 g/mol. The van der Waals surface area contributed by atoms with Crippen LogP contribution in [-0.4, -0.2) is 18.1 Å². The van der Waals surface area contributed by atoms with Gasteiger partial charge < -0.3 is 14.3 Å². The van der Waals surface area contributed by atoms with Crippen LogP contribution in [0.15, 0.2) is 69.9 Å². The summed E-state index contributed by atoms with van der Waals surface area (Å²) >= 11 is 6.29. The predicted molar refractivity (Wildman–Crippen MR) is 117 cm³/mol. The summed E-state index contributed by atoms with van der Waals surface area (Å²) in [5, 5.41) is 10.0. The van der Waals surface area contributed by atoms with Crippen LogP contribution in [0.5, 0.6) is 11.5 Å². The van der Waals surface area contributed by atoms with Crippen molar-refractivity contribution in [2.75, 3.05) is 12.0 Å². The van der Waals surface area contributed by atoms with E-state index in [9.17, 15) is 19.1 Å². The number of amides is 1. The van der Waals surface area contributed by atoms with Crippen molar-refractivity contribution in [2.45, 2.75) is 6.04 Å². The van der Waals surface area contributed by atoms with Crippen molar-refractivity contribution in [2.24, 2.45) is 0 Å². The number of fused-ring (bicyclic) bond motifs is 2. The molecule has 32 heavy (non-hydrogen) atoms. The number of carbonyl (C=O) groups is 1. The molecule has 0 aliphatic carbocycles. The van der Waals surface area contributed by atoms with Gasteiger partial charge in [-0.25, -0.2) is 4.39 Å². The summed E-state index contributed by atoms with van der Waals surface area (Å²) in [5.41, 5.74) is 0.674. The Balaban J connectivity index is 1.80. The topological polar surface area (TPSA) is 80.0 Å². The van der Waals surface area contributed by atoms with Crippen molar-refractivity contribution >= 4 is 34.2 Å². The zero-order valence-electron chi connectivity index (χ0n) is 16.6. The number of hydrogen-bond donors (Lipinski definition) is 1. The molecule has 8 heteroatoms. The lowest BCUT2D eigenvalue weighted by atomic mass is 9.98. The lowest BCUT2D eigenvalue weighted by Gasteiger charge is -2.25. The molecule has 1 amide bonds. The highest BCUT2D eigenvalue weighted by molar-refractivity contribution is 6.32. The van der Waals surface area contributed by atoms with Crippen LogP contribution in [0, 0.1) is 5.82 Å². The van der Waals surface area contributed by atoms with Gasteiger partial charge >= 0.3 is 0 Å². The van der Waals surface area contributed by atoms with E-state index in [4.69, 9.17) is 20.8 Å². The van der Waals surface area contributed by atoms with Crippen molar-refractivity contribution < 1.29 is 23.4 Å². The number of halogens is 2. The molecule has 4 aromatic rings. The first-order valence-corrected chi connectivity index (χ1v) is 9.99. The number of phenolic OH excluding ortho intramolecular Hbond substituents is 1. The molecule has 1 unspecified atom stereocenters. The number of nitrogens with zero attached hydrogens (tertiary/aromatic N) is 1. The molecule has 0 radical (unpaired) electrons. The molecule has 0 saturated heterocycles. The molecule has 1 aliphatic heterocycles. The van der Waals surface area contributed by atoms with Crippen molar-refractivity contribution in [3.8, 4) is 11.5 Å². The van der Waals surface area contributed by atoms with Crippen LogP contribution in [-0.2, 0) is 0 Å². The largest absolute Gasteiger partial charge is 0.508 e. The predicted octanol–water partition coefficient (Wildman–Crippen LogP) is 5.05. The zero-order valence-corrected chi connectivity index (χ0v) is 17.4. The smallest absolute Gasteiger partial charge is 0.295 e. The third-order valence-electron chi connectivity index (χ3n) is 5.45. The standard InChI is InChI=1S/C24H15ClFNO5/c1-31-19-9-5-14(11-17(19)25)27-21(12-2-6-15(28)7-3-12)20-22(29)16-10-13(26)4-8-18(16)32-23(20)24(27)30/h2-11,21,28H,1H3. The number of methoxy groups -OCH3 is 1. The Kier molecular flexibility index (Phi) is 4.64. The Morgan fingerprint density at radius 2 is 1.81 bits per heavy atom. The molecule has 0 saturated carbocycles. The zero-order chi connectivity index (χ0) is 22.6. The van der Waals surface area contributed by atoms with E-state index in [2.05, 4.69) is 0 Å². The summed E-state index contributed by atoms with van der Waals surface area (Å²) in [6.07, 6.45) is 0. The number of aromatic hydroxyl groups is 1. The molecule has 1 N–H and O–H groups in total. The minimum absolute atomic E-state index is 0.0324. The minimum atomic E-state index is -0.869. The van der Waals surface area contributed by atoms with E-state index in [0.29, 0.717) is 17.0 Å². The molecule has 160 valence electrons. The highest BCUT2D eigenvalue weighted by Crippen LogP contribution is 2.43. The Morgan fingerprint density at radius 3 is 2.50 bits per heavy atom. The second-order valence-electron chi connectivity index (χ2n) is 7.30. The number of anilines is 1. The maximum atomic E-state index is 13.9. The van der Waals surface area contributed by atoms with Gasteiger partial charge in [0.2, 0.25) is 5.76 Å². The summed E-state index contributed by atoms with van der Waals surface area (Å²) in [6.45, 7) is 0. The van der Waals surface area contributed by atoms with Crippen LogP contribution in [0.25, 0.3) is 11.0 Å². The number of rotatable bonds is 3. The molecular weight excluding hydrogens is 437 g/mol. The van der Waals surface area contributed by atoms with Gasteiger partial charge in [0.1, 0.15) is 22.9 Å². The lowest BCUT2D eigenvalue weighted by Crippen LogP contribution is -2.29. The first kappa shape index (κ1) is 20.1. The summed E-state index contributed by atoms with van der Waals surface area (Å²) in [5.74, 6) is -0.795. The summed E-state index contributed by atoms with van der Waals surface area (Å²) < 4.78 is 24.8. The van der Waals surface area contributed by atoms with Crippen LogP contribution >= 0.6 is 11.6 Å². The van der Waals surface area contributed by atoms with E-state index < -0.39 is 23.2 Å². The second-order valence-corrected chi connectivity index (χ2v) is 7.71. The van der Waals surface area contributed by atoms with Gasteiger partial charge in [-0.15, -0.1) is 0 Å². The van der Waals surface area contributed by atoms with E-state index in [-0.39, 0.29) is 33.1 Å². The van der Waals surface area contributed by atoms with Gasteiger partial charge in [0.25, 0.3) is 5.91 Å². The molecule has 1 aromatic heterocycles. The average molecular weight is 452 g/mol. The first-order chi connectivity index (χ1) is 15.4. The Morgan fingerprint density at radius 1 is 1.06 bits per heavy atom. The van der Waals surface area contributed by atoms with Crippen LogP contribution < -0.4 is 15.1 Å². The van der Waals surface area contributed by atoms with Crippen molar-refractivity contribution in [1.82, 2.24) is 0 Å². The maximum Gasteiger partial charge on any atom is 0.295 e. The number of benzene rings is 3. The summed E-state index contributed by atoms with van der Waals surface area (Å²) in [7, 11) is 1.48. The first-order valence-electron chi connectivity index (χ1n) is 9.61. The van der Waals surface area contributed by atoms with Gasteiger partial charge in [0.15, 0.2) is 5.43 Å². The fourth-order valence-corrected chi connectivity index (χ4v) is 4.24. The molecule has 0 fully saturated rings. The Hall–Kier alpha value is -3.84. The van der Waals surface area contributed by atoms with Gasteiger partial charge in [0, 0.05) is 5.69 Å². The highest BCUT2D eigenvalue weighted by Gasteiger charge is 2.43. The van der Waals surface area contributed by atoms with Crippen LogP contribution in [0.1, 0.15) is 27.7 Å². The summed E-state index contributed by atoms with van der Waals surface area (Å²) in [4.78, 5) is 28.3. The SMILES string of the molecule is COc1ccc(N2C(=O)c3oc4ccc(F)cc4c(=O)c3C2c2ccc(O)cc2)cc1Cl. The Bertz CT molecular complexity index is 1450. The molecule has 6 nitrogen and oxygen atoms in total. The molecule has 5 rings (SSSR count). The van der Waals surface area contributed by atoms with E-state index >= 15 is 0 Å². The molecule has 1 atom stereocenters. The third kappa shape index (κ3) is 3.01. The highest BCUT2D eigenvalue weighted by atomic mass is 35.5. The van der Waals surface area contributed by atoms with Gasteiger partial charge in [-0.05, 0) is 54.1 Å². The van der Waals surface area contributed by atoms with E-state index in [0.717, 1.165) is 12.1 Å². The minimum Gasteiger partial charge on any atom is -0.508 e. The van der Waals surface area contributed by atoms with E-state index in [1.54, 1.807) is 30.3 Å². The molecular formula is C24H15ClFNO5. The van der Waals surface area contributed by atoms with Crippen LogP contribution in [0.3, 0.4) is 0 Å². The van der Waals surface area contributed by atoms with Gasteiger partial charge in [0.05, 0.1) is 29.1 Å². The fourth-order valence-electron chi connectivity index (χ4n) is 3.99. The fraction of sp³-hybridized carbons (Fsp3) is 0.0833. The lowest BCUT2D eigenvalue weighted by molar-refractivity contribution is 0.0971. The van der Waals surface area contributed by atoms with Crippen molar-refractivity contribution in [3.05, 3.63) is 98.6 Å². The van der Waals surface area contributed by atoms with Gasteiger partial charge in [-0.2, -0.15) is 0 Å².